The predicted octanol–water partition coefficient (Wildman–Crippen LogP) is 0.530. The molecule has 0 aromatic carbocycles. The number of nitrogens with zero attached hydrogens (tertiary/aromatic N) is 1. The average Bonchev–Trinajstić information content (AvgIpc) is 2.48. The number of oxazole rings is 1. The molecule has 14 heavy (non-hydrogen) atoms. The molecular formula is C6H6ClNO5S. The monoisotopic (exact) mass is 239 g/mol. The van der Waals surface area contributed by atoms with Gasteiger partial charge in [0.15, 0.2) is 5.69 Å². The summed E-state index contributed by atoms with van der Waals surface area (Å²) in [6.45, 7) is 0. The van der Waals surface area contributed by atoms with Crippen LogP contribution in [0.15, 0.2) is 10.7 Å². The maximum Gasteiger partial charge on any atom is 0.360 e. The number of rotatable bonds is 3. The highest BCUT2D eigenvalue weighted by Gasteiger charge is 2.16. The number of hydrogen-bond donors (Lipinski definition) is 0. The third-order valence-electron chi connectivity index (χ3n) is 1.24. The second-order valence-corrected chi connectivity index (χ2v) is 5.08. The maximum absolute atomic E-state index is 10.9. The summed E-state index contributed by atoms with van der Waals surface area (Å²) in [7, 11) is 2.39. The highest BCUT2D eigenvalue weighted by atomic mass is 35.7. The van der Waals surface area contributed by atoms with Gasteiger partial charge in [0, 0.05) is 10.7 Å². The van der Waals surface area contributed by atoms with E-state index in [1.165, 1.54) is 7.11 Å². The molecule has 6 nitrogen and oxygen atoms in total. The topological polar surface area (TPSA) is 86.5 Å². The van der Waals surface area contributed by atoms with Crippen molar-refractivity contribution in [1.82, 2.24) is 4.98 Å². The van der Waals surface area contributed by atoms with Crippen LogP contribution in [0.2, 0.25) is 0 Å². The second-order valence-electron chi connectivity index (χ2n) is 2.30. The Labute approximate surface area is 84.2 Å². The SMILES string of the molecule is COC(=O)c1coc(CS(=O)(=O)Cl)n1. The molecule has 0 unspecified atom stereocenters. The van der Waals surface area contributed by atoms with Crippen LogP contribution in [-0.2, 0) is 19.5 Å². The Morgan fingerprint density at radius 1 is 1.71 bits per heavy atom. The van der Waals surface area contributed by atoms with E-state index in [0.29, 0.717) is 0 Å². The first kappa shape index (κ1) is 11.0. The molecule has 8 heteroatoms. The summed E-state index contributed by atoms with van der Waals surface area (Å²) in [4.78, 5) is 14.4. The van der Waals surface area contributed by atoms with Gasteiger partial charge in [-0.2, -0.15) is 0 Å². The number of hydrogen-bond acceptors (Lipinski definition) is 6. The maximum atomic E-state index is 10.9. The van der Waals surface area contributed by atoms with Gasteiger partial charge in [0.25, 0.3) is 0 Å². The molecule has 0 saturated carbocycles. The first-order valence-electron chi connectivity index (χ1n) is 3.37. The summed E-state index contributed by atoms with van der Waals surface area (Å²) in [5, 5.41) is 0. The zero-order chi connectivity index (χ0) is 10.8. The van der Waals surface area contributed by atoms with Crippen molar-refractivity contribution in [3.05, 3.63) is 17.8 Å². The van der Waals surface area contributed by atoms with Gasteiger partial charge in [-0.05, 0) is 0 Å². The van der Waals surface area contributed by atoms with Gasteiger partial charge in [0.05, 0.1) is 7.11 Å². The van der Waals surface area contributed by atoms with E-state index in [2.05, 4.69) is 14.1 Å². The van der Waals surface area contributed by atoms with Gasteiger partial charge in [0.1, 0.15) is 12.0 Å². The summed E-state index contributed by atoms with van der Waals surface area (Å²) >= 11 is 0. The molecule has 1 heterocycles. The van der Waals surface area contributed by atoms with Crippen molar-refractivity contribution in [2.24, 2.45) is 0 Å². The van der Waals surface area contributed by atoms with Gasteiger partial charge in [0.2, 0.25) is 14.9 Å². The lowest BCUT2D eigenvalue weighted by Crippen LogP contribution is -2.02. The largest absolute Gasteiger partial charge is 0.464 e. The van der Waals surface area contributed by atoms with E-state index in [-0.39, 0.29) is 11.6 Å². The van der Waals surface area contributed by atoms with Crippen molar-refractivity contribution in [3.63, 3.8) is 0 Å². The van der Waals surface area contributed by atoms with E-state index in [4.69, 9.17) is 10.7 Å². The van der Waals surface area contributed by atoms with Crippen LogP contribution < -0.4 is 0 Å². The van der Waals surface area contributed by atoms with Crippen LogP contribution in [-0.4, -0.2) is 26.5 Å². The van der Waals surface area contributed by atoms with Crippen LogP contribution in [0.1, 0.15) is 16.4 Å². The minimum absolute atomic E-state index is 0.0946. The molecule has 0 aliphatic carbocycles. The second kappa shape index (κ2) is 3.97. The molecule has 0 bridgehead atoms. The summed E-state index contributed by atoms with van der Waals surface area (Å²) < 4.78 is 30.2. The predicted molar refractivity (Wildman–Crippen MR) is 46.3 cm³/mol. The molecule has 78 valence electrons. The van der Waals surface area contributed by atoms with Gasteiger partial charge >= 0.3 is 5.97 Å². The summed E-state index contributed by atoms with van der Waals surface area (Å²) in [6.07, 6.45) is 1.00. The Balaban J connectivity index is 2.84. The molecule has 0 amide bonds. The fraction of sp³-hybridized carbons (Fsp3) is 0.333. The van der Waals surface area contributed by atoms with Crippen LogP contribution in [0, 0.1) is 0 Å². The molecule has 1 aromatic heterocycles. The summed E-state index contributed by atoms with van der Waals surface area (Å²) in [5.41, 5.74) is -0.0946. The Kier molecular flexibility index (Phi) is 3.12. The van der Waals surface area contributed by atoms with E-state index in [0.717, 1.165) is 6.26 Å². The van der Waals surface area contributed by atoms with Gasteiger partial charge in [-0.1, -0.05) is 0 Å². The zero-order valence-electron chi connectivity index (χ0n) is 7.06. The number of halogens is 1. The van der Waals surface area contributed by atoms with E-state index in [9.17, 15) is 13.2 Å². The number of carbonyl (C=O) groups is 1. The van der Waals surface area contributed by atoms with Crippen LogP contribution in [0.3, 0.4) is 0 Å². The van der Waals surface area contributed by atoms with E-state index < -0.39 is 20.8 Å². The molecule has 0 N–H and O–H groups in total. The van der Waals surface area contributed by atoms with Crippen LogP contribution in [0.25, 0.3) is 0 Å². The van der Waals surface area contributed by atoms with E-state index >= 15 is 0 Å². The molecule has 0 saturated heterocycles. The Bertz CT molecular complexity index is 437. The van der Waals surface area contributed by atoms with Crippen molar-refractivity contribution in [3.8, 4) is 0 Å². The Hall–Kier alpha value is -1.08. The third-order valence-corrected chi connectivity index (χ3v) is 2.16. The van der Waals surface area contributed by atoms with Gasteiger partial charge in [-0.3, -0.25) is 0 Å². The summed E-state index contributed by atoms with van der Waals surface area (Å²) in [6, 6.07) is 0. The van der Waals surface area contributed by atoms with Crippen LogP contribution in [0.5, 0.6) is 0 Å². The number of esters is 1. The minimum Gasteiger partial charge on any atom is -0.464 e. The Morgan fingerprint density at radius 2 is 2.36 bits per heavy atom. The van der Waals surface area contributed by atoms with E-state index in [1.54, 1.807) is 0 Å². The highest BCUT2D eigenvalue weighted by Crippen LogP contribution is 2.10. The number of aromatic nitrogens is 1. The van der Waals surface area contributed by atoms with E-state index in [1.807, 2.05) is 0 Å². The normalized spacial score (nSPS) is 11.3. The molecule has 0 radical (unpaired) electrons. The van der Waals surface area contributed by atoms with Crippen molar-refractivity contribution in [2.45, 2.75) is 5.75 Å². The van der Waals surface area contributed by atoms with Crippen molar-refractivity contribution >= 4 is 25.7 Å². The zero-order valence-corrected chi connectivity index (χ0v) is 8.63. The smallest absolute Gasteiger partial charge is 0.360 e. The molecule has 0 aliphatic heterocycles. The Morgan fingerprint density at radius 3 is 2.86 bits per heavy atom. The molecule has 0 fully saturated rings. The van der Waals surface area contributed by atoms with Crippen molar-refractivity contribution in [2.75, 3.05) is 7.11 Å². The van der Waals surface area contributed by atoms with Crippen molar-refractivity contribution < 1.29 is 22.4 Å². The minimum atomic E-state index is -3.73. The van der Waals surface area contributed by atoms with Gasteiger partial charge < -0.3 is 9.15 Å². The van der Waals surface area contributed by atoms with Gasteiger partial charge in [-0.25, -0.2) is 18.2 Å². The van der Waals surface area contributed by atoms with Gasteiger partial charge in [-0.15, -0.1) is 0 Å². The first-order chi connectivity index (χ1) is 6.42. The molecule has 1 rings (SSSR count). The molecular weight excluding hydrogens is 234 g/mol. The molecule has 1 aromatic rings. The molecule has 0 spiro atoms. The molecule has 0 aliphatic rings. The average molecular weight is 240 g/mol. The fourth-order valence-corrected chi connectivity index (χ4v) is 1.43. The number of methoxy groups -OCH3 is 1. The lowest BCUT2D eigenvalue weighted by molar-refractivity contribution is 0.0594. The highest BCUT2D eigenvalue weighted by molar-refractivity contribution is 8.13. The number of ether oxygens (including phenoxy) is 1. The lowest BCUT2D eigenvalue weighted by Gasteiger charge is -1.90. The number of carbonyl (C=O) groups excluding carboxylic acids is 1. The van der Waals surface area contributed by atoms with Crippen molar-refractivity contribution in [1.29, 1.82) is 0 Å². The first-order valence-corrected chi connectivity index (χ1v) is 5.85. The fourth-order valence-electron chi connectivity index (χ4n) is 0.723. The third kappa shape index (κ3) is 3.00. The van der Waals surface area contributed by atoms with Crippen LogP contribution in [0.4, 0.5) is 0 Å². The lowest BCUT2D eigenvalue weighted by atomic mass is 10.5. The van der Waals surface area contributed by atoms with Crippen LogP contribution >= 0.6 is 10.7 Å². The quantitative estimate of drug-likeness (QED) is 0.565. The standard InChI is InChI=1S/C6H6ClNO5S/c1-12-6(9)4-2-13-5(8-4)3-14(7,10)11/h2H,3H2,1H3. The summed E-state index contributed by atoms with van der Waals surface area (Å²) in [5.74, 6) is -1.42. The molecule has 0 atom stereocenters.